The summed E-state index contributed by atoms with van der Waals surface area (Å²) >= 11 is 0. The molecule has 0 amide bonds. The molecule has 1 aliphatic heterocycles. The number of aromatic amines is 1. The Morgan fingerprint density at radius 2 is 2.19 bits per heavy atom. The zero-order valence-corrected chi connectivity index (χ0v) is 12.5. The van der Waals surface area contributed by atoms with E-state index in [0.717, 1.165) is 11.0 Å². The molecule has 0 aliphatic carbocycles. The SMILES string of the molecule is CC/C=C/[C@]1(CC)O[C@@H](n2ccc(=O)[nH]c2=O)[C@H](F)[C@@H]1C. The highest BCUT2D eigenvalue weighted by molar-refractivity contribution is 5.11. The van der Waals surface area contributed by atoms with Crippen molar-refractivity contribution in [3.8, 4) is 0 Å². The third kappa shape index (κ3) is 2.72. The van der Waals surface area contributed by atoms with Crippen LogP contribution in [-0.4, -0.2) is 21.3 Å². The Morgan fingerprint density at radius 3 is 2.76 bits per heavy atom. The summed E-state index contributed by atoms with van der Waals surface area (Å²) in [5.74, 6) is -0.380. The Kier molecular flexibility index (Phi) is 4.46. The molecule has 4 atom stereocenters. The molecule has 116 valence electrons. The molecule has 1 saturated heterocycles. The summed E-state index contributed by atoms with van der Waals surface area (Å²) < 4.78 is 21.7. The number of hydrogen-bond donors (Lipinski definition) is 1. The number of ether oxygens (including phenoxy) is 1. The standard InChI is InChI=1S/C15H21FN2O3/c1-4-6-8-15(5-2)10(3)12(16)13(21-15)18-9-7-11(19)17-14(18)20/h6-10,12-13H,4-5H2,1-3H3,(H,17,19,20)/b8-6+/t10-,12+,13+,15-/m0/s1. The summed E-state index contributed by atoms with van der Waals surface area (Å²) in [6.07, 6.45) is 4.21. The van der Waals surface area contributed by atoms with Crippen molar-refractivity contribution in [3.05, 3.63) is 45.3 Å². The normalized spacial score (nSPS) is 32.9. The van der Waals surface area contributed by atoms with Crippen LogP contribution < -0.4 is 11.2 Å². The summed E-state index contributed by atoms with van der Waals surface area (Å²) in [5, 5.41) is 0. The van der Waals surface area contributed by atoms with Gasteiger partial charge in [0.2, 0.25) is 0 Å². The van der Waals surface area contributed by atoms with Gasteiger partial charge in [-0.1, -0.05) is 32.9 Å². The summed E-state index contributed by atoms with van der Waals surface area (Å²) in [4.78, 5) is 25.1. The van der Waals surface area contributed by atoms with Crippen molar-refractivity contribution in [2.24, 2.45) is 5.92 Å². The quantitative estimate of drug-likeness (QED) is 0.866. The van der Waals surface area contributed by atoms with Gasteiger partial charge < -0.3 is 4.74 Å². The monoisotopic (exact) mass is 296 g/mol. The number of rotatable bonds is 4. The van der Waals surface area contributed by atoms with E-state index < -0.39 is 29.2 Å². The minimum absolute atomic E-state index is 0.380. The Morgan fingerprint density at radius 1 is 1.48 bits per heavy atom. The molecule has 2 heterocycles. The first-order valence-electron chi connectivity index (χ1n) is 7.26. The maximum Gasteiger partial charge on any atom is 0.330 e. The van der Waals surface area contributed by atoms with E-state index in [0.29, 0.717) is 6.42 Å². The predicted octanol–water partition coefficient (Wildman–Crippen LogP) is 2.15. The average Bonchev–Trinajstić information content (AvgIpc) is 2.71. The number of allylic oxidation sites excluding steroid dienone is 1. The van der Waals surface area contributed by atoms with E-state index in [4.69, 9.17) is 4.74 Å². The lowest BCUT2D eigenvalue weighted by molar-refractivity contribution is -0.0642. The van der Waals surface area contributed by atoms with Gasteiger partial charge in [-0.3, -0.25) is 14.3 Å². The summed E-state index contributed by atoms with van der Waals surface area (Å²) in [6, 6.07) is 1.19. The molecule has 2 rings (SSSR count). The van der Waals surface area contributed by atoms with E-state index in [9.17, 15) is 14.0 Å². The number of hydrogen-bond acceptors (Lipinski definition) is 3. The van der Waals surface area contributed by atoms with Crippen LogP contribution in [0.4, 0.5) is 4.39 Å². The molecular weight excluding hydrogens is 275 g/mol. The van der Waals surface area contributed by atoms with E-state index in [1.54, 1.807) is 6.92 Å². The third-order valence-electron chi connectivity index (χ3n) is 4.17. The van der Waals surface area contributed by atoms with Gasteiger partial charge >= 0.3 is 5.69 Å². The number of nitrogens with one attached hydrogen (secondary N) is 1. The Hall–Kier alpha value is -1.69. The van der Waals surface area contributed by atoms with E-state index in [1.165, 1.54) is 12.3 Å². The molecule has 21 heavy (non-hydrogen) atoms. The van der Waals surface area contributed by atoms with Crippen LogP contribution in [-0.2, 0) is 4.74 Å². The zero-order valence-electron chi connectivity index (χ0n) is 12.5. The zero-order chi connectivity index (χ0) is 15.6. The Balaban J connectivity index is 2.41. The van der Waals surface area contributed by atoms with Crippen LogP contribution in [0.5, 0.6) is 0 Å². The number of alkyl halides is 1. The average molecular weight is 296 g/mol. The number of aromatic nitrogens is 2. The van der Waals surface area contributed by atoms with Gasteiger partial charge in [-0.25, -0.2) is 9.18 Å². The van der Waals surface area contributed by atoms with Crippen LogP contribution in [0.2, 0.25) is 0 Å². The second-order valence-corrected chi connectivity index (χ2v) is 5.38. The van der Waals surface area contributed by atoms with E-state index in [1.807, 2.05) is 26.0 Å². The molecule has 0 saturated carbocycles. The maximum absolute atomic E-state index is 14.6. The summed E-state index contributed by atoms with van der Waals surface area (Å²) in [5.41, 5.74) is -1.89. The lowest BCUT2D eigenvalue weighted by atomic mass is 9.85. The minimum atomic E-state index is -1.32. The number of halogens is 1. The number of nitrogens with zero attached hydrogens (tertiary/aromatic N) is 1. The molecule has 6 heteroatoms. The molecule has 0 radical (unpaired) electrons. The van der Waals surface area contributed by atoms with Gasteiger partial charge in [0, 0.05) is 18.2 Å². The highest BCUT2D eigenvalue weighted by atomic mass is 19.1. The van der Waals surface area contributed by atoms with Gasteiger partial charge in [0.15, 0.2) is 12.4 Å². The molecule has 0 aromatic carbocycles. The first kappa shape index (κ1) is 15.7. The fourth-order valence-corrected chi connectivity index (χ4v) is 2.78. The molecular formula is C15H21FN2O3. The van der Waals surface area contributed by atoms with Crippen LogP contribution in [0.1, 0.15) is 39.8 Å². The van der Waals surface area contributed by atoms with Gasteiger partial charge in [-0.05, 0) is 12.8 Å². The van der Waals surface area contributed by atoms with E-state index >= 15 is 0 Å². The van der Waals surface area contributed by atoms with Crippen molar-refractivity contribution in [2.75, 3.05) is 0 Å². The molecule has 1 aliphatic rings. The van der Waals surface area contributed by atoms with Crippen molar-refractivity contribution in [3.63, 3.8) is 0 Å². The minimum Gasteiger partial charge on any atom is -0.344 e. The predicted molar refractivity (Wildman–Crippen MR) is 78.0 cm³/mol. The highest BCUT2D eigenvalue weighted by Gasteiger charge is 2.51. The first-order valence-corrected chi connectivity index (χ1v) is 7.26. The molecule has 0 bridgehead atoms. The third-order valence-corrected chi connectivity index (χ3v) is 4.17. The molecule has 1 N–H and O–H groups in total. The van der Waals surface area contributed by atoms with E-state index in [2.05, 4.69) is 4.98 Å². The van der Waals surface area contributed by atoms with Crippen LogP contribution >= 0.6 is 0 Å². The molecule has 1 fully saturated rings. The Labute approximate surface area is 122 Å². The van der Waals surface area contributed by atoms with Gasteiger partial charge in [-0.15, -0.1) is 0 Å². The van der Waals surface area contributed by atoms with E-state index in [-0.39, 0.29) is 5.92 Å². The Bertz CT molecular complexity index is 636. The van der Waals surface area contributed by atoms with Crippen LogP contribution in [0.3, 0.4) is 0 Å². The molecule has 0 unspecified atom stereocenters. The lowest BCUT2D eigenvalue weighted by Crippen LogP contribution is -2.34. The van der Waals surface area contributed by atoms with Crippen molar-refractivity contribution in [1.29, 1.82) is 0 Å². The largest absolute Gasteiger partial charge is 0.344 e. The summed E-state index contributed by atoms with van der Waals surface area (Å²) in [6.45, 7) is 5.71. The lowest BCUT2D eigenvalue weighted by Gasteiger charge is -2.28. The van der Waals surface area contributed by atoms with Crippen LogP contribution in [0.25, 0.3) is 0 Å². The van der Waals surface area contributed by atoms with Gasteiger partial charge in [0.25, 0.3) is 5.56 Å². The molecule has 0 spiro atoms. The fourth-order valence-electron chi connectivity index (χ4n) is 2.78. The molecule has 5 nitrogen and oxygen atoms in total. The second-order valence-electron chi connectivity index (χ2n) is 5.38. The fraction of sp³-hybridized carbons (Fsp3) is 0.600. The van der Waals surface area contributed by atoms with Crippen molar-refractivity contribution >= 4 is 0 Å². The molecule has 1 aromatic heterocycles. The van der Waals surface area contributed by atoms with Gasteiger partial charge in [0.1, 0.15) is 0 Å². The van der Waals surface area contributed by atoms with Crippen LogP contribution in [0.15, 0.2) is 34.0 Å². The topological polar surface area (TPSA) is 64.1 Å². The highest BCUT2D eigenvalue weighted by Crippen LogP contribution is 2.45. The number of H-pyrrole nitrogens is 1. The van der Waals surface area contributed by atoms with Crippen LogP contribution in [0, 0.1) is 5.92 Å². The van der Waals surface area contributed by atoms with Gasteiger partial charge in [-0.2, -0.15) is 0 Å². The first-order chi connectivity index (χ1) is 9.95. The smallest absolute Gasteiger partial charge is 0.330 e. The molecule has 1 aromatic rings. The van der Waals surface area contributed by atoms with Crippen molar-refractivity contribution < 1.29 is 9.13 Å². The van der Waals surface area contributed by atoms with Gasteiger partial charge in [0.05, 0.1) is 5.60 Å². The summed E-state index contributed by atoms with van der Waals surface area (Å²) in [7, 11) is 0. The second kappa shape index (κ2) is 5.97. The van der Waals surface area contributed by atoms with Crippen molar-refractivity contribution in [2.45, 2.75) is 51.6 Å². The maximum atomic E-state index is 14.6. The van der Waals surface area contributed by atoms with Crippen molar-refractivity contribution in [1.82, 2.24) is 9.55 Å².